The maximum atomic E-state index is 12.0. The topological polar surface area (TPSA) is 100 Å². The van der Waals surface area contributed by atoms with Gasteiger partial charge in [-0.2, -0.15) is 10.5 Å². The molecule has 7 heteroatoms. The summed E-state index contributed by atoms with van der Waals surface area (Å²) in [6, 6.07) is 1.88. The van der Waals surface area contributed by atoms with Gasteiger partial charge < -0.3 is 9.47 Å². The van der Waals surface area contributed by atoms with E-state index in [1.54, 1.807) is 12.3 Å². The number of cyclic esters (lactones) is 1. The highest BCUT2D eigenvalue weighted by Gasteiger charge is 2.68. The highest BCUT2D eigenvalue weighted by Crippen LogP contribution is 2.48. The largest absolute Gasteiger partial charge is 0.464 e. The van der Waals surface area contributed by atoms with Crippen LogP contribution in [-0.4, -0.2) is 28.9 Å². The zero-order valence-corrected chi connectivity index (χ0v) is 11.0. The number of thioether (sulfide) groups is 1. The van der Waals surface area contributed by atoms with E-state index in [0.717, 1.165) is 0 Å². The third-order valence-electron chi connectivity index (χ3n) is 2.68. The molecule has 0 bridgehead atoms. The number of hydrogen-bond acceptors (Lipinski definition) is 7. The fraction of sp³-hybridized carbons (Fsp3) is 0.636. The lowest BCUT2D eigenvalue weighted by atomic mass is 9.83. The first kappa shape index (κ1) is 14.3. The van der Waals surface area contributed by atoms with E-state index in [1.165, 1.54) is 13.8 Å². The van der Waals surface area contributed by atoms with Crippen LogP contribution in [0.4, 0.5) is 0 Å². The molecular weight excluding hydrogens is 256 g/mol. The van der Waals surface area contributed by atoms with Gasteiger partial charge in [-0.05, 0) is 32.5 Å². The summed E-state index contributed by atoms with van der Waals surface area (Å²) in [5, 5.41) is 19.7. The number of hydrogen-bond donors (Lipinski definition) is 0. The fourth-order valence-corrected chi connectivity index (χ4v) is 2.75. The highest BCUT2D eigenvalue weighted by molar-refractivity contribution is 8.06. The Balaban J connectivity index is 3.34. The average Bonchev–Trinajstić information content (AvgIpc) is 2.46. The number of nitrogens with zero attached hydrogens (tertiary/aromatic N) is 2. The number of thiocyanates is 1. The second-order valence-electron chi connectivity index (χ2n) is 4.20. The van der Waals surface area contributed by atoms with Gasteiger partial charge in [-0.3, -0.25) is 0 Å². The predicted octanol–water partition coefficient (Wildman–Crippen LogP) is 0.978. The van der Waals surface area contributed by atoms with Crippen LogP contribution in [0.25, 0.3) is 0 Å². The maximum Gasteiger partial charge on any atom is 0.337 e. The quantitative estimate of drug-likeness (QED) is 0.427. The van der Waals surface area contributed by atoms with Crippen molar-refractivity contribution in [3.63, 3.8) is 0 Å². The van der Waals surface area contributed by atoms with Gasteiger partial charge >= 0.3 is 11.9 Å². The minimum Gasteiger partial charge on any atom is -0.464 e. The minimum atomic E-state index is -1.91. The Labute approximate surface area is 109 Å². The third-order valence-corrected chi connectivity index (χ3v) is 3.66. The predicted molar refractivity (Wildman–Crippen MR) is 61.8 cm³/mol. The lowest BCUT2D eigenvalue weighted by molar-refractivity contribution is -0.155. The van der Waals surface area contributed by atoms with Crippen LogP contribution >= 0.6 is 11.8 Å². The zero-order chi connectivity index (χ0) is 14.0. The number of carbonyl (C=O) groups is 2. The van der Waals surface area contributed by atoms with E-state index in [2.05, 4.69) is 0 Å². The SMILES string of the molecule is CCOC(=O)C1(SC#N)C(=O)OC(C)(C)C1C#N. The van der Waals surface area contributed by atoms with Gasteiger partial charge in [0.25, 0.3) is 0 Å². The molecule has 1 heterocycles. The fourth-order valence-electron chi connectivity index (χ4n) is 1.88. The number of nitriles is 2. The van der Waals surface area contributed by atoms with Crippen molar-refractivity contribution in [1.82, 2.24) is 0 Å². The van der Waals surface area contributed by atoms with Gasteiger partial charge in [-0.1, -0.05) is 0 Å². The van der Waals surface area contributed by atoms with Gasteiger partial charge in [0.2, 0.25) is 4.75 Å². The Morgan fingerprint density at radius 3 is 2.61 bits per heavy atom. The number of ether oxygens (including phenoxy) is 2. The van der Waals surface area contributed by atoms with Gasteiger partial charge in [0.15, 0.2) is 0 Å². The smallest absolute Gasteiger partial charge is 0.337 e. The summed E-state index contributed by atoms with van der Waals surface area (Å²) in [5.41, 5.74) is -1.14. The molecule has 0 N–H and O–H groups in total. The van der Waals surface area contributed by atoms with E-state index in [9.17, 15) is 14.9 Å². The molecule has 2 unspecified atom stereocenters. The molecule has 0 aliphatic carbocycles. The van der Waals surface area contributed by atoms with Crippen molar-refractivity contribution in [1.29, 1.82) is 10.5 Å². The molecule has 0 saturated carbocycles. The van der Waals surface area contributed by atoms with Gasteiger partial charge in [-0.15, -0.1) is 0 Å². The zero-order valence-electron chi connectivity index (χ0n) is 10.2. The van der Waals surface area contributed by atoms with Crippen molar-refractivity contribution in [3.8, 4) is 11.5 Å². The summed E-state index contributed by atoms with van der Waals surface area (Å²) in [4.78, 5) is 23.9. The average molecular weight is 268 g/mol. The number of rotatable bonds is 3. The van der Waals surface area contributed by atoms with Crippen LogP contribution in [0.2, 0.25) is 0 Å². The first-order chi connectivity index (χ1) is 8.36. The van der Waals surface area contributed by atoms with Crippen molar-refractivity contribution < 1.29 is 19.1 Å². The molecule has 0 spiro atoms. The summed E-state index contributed by atoms with van der Waals surface area (Å²) in [7, 11) is 0. The highest BCUT2D eigenvalue weighted by atomic mass is 32.2. The third kappa shape index (κ3) is 1.91. The van der Waals surface area contributed by atoms with Crippen LogP contribution in [0.5, 0.6) is 0 Å². The summed E-state index contributed by atoms with van der Waals surface area (Å²) < 4.78 is 7.96. The monoisotopic (exact) mass is 268 g/mol. The van der Waals surface area contributed by atoms with Crippen molar-refractivity contribution in [2.75, 3.05) is 6.61 Å². The summed E-state index contributed by atoms with van der Waals surface area (Å²) in [6.07, 6.45) is 0. The summed E-state index contributed by atoms with van der Waals surface area (Å²) in [6.45, 7) is 4.68. The number of carbonyl (C=O) groups excluding carboxylic acids is 2. The standard InChI is InChI=1S/C11H12N2O4S/c1-4-16-8(14)11(18-6-13)7(5-12)10(2,3)17-9(11)15/h7H,4H2,1-3H3. The first-order valence-corrected chi connectivity index (χ1v) is 6.05. The molecule has 2 atom stereocenters. The van der Waals surface area contributed by atoms with Gasteiger partial charge in [0.1, 0.15) is 16.9 Å². The lowest BCUT2D eigenvalue weighted by Gasteiger charge is -2.25. The van der Waals surface area contributed by atoms with Gasteiger partial charge in [-0.25, -0.2) is 9.59 Å². The van der Waals surface area contributed by atoms with E-state index in [0.29, 0.717) is 11.8 Å². The molecule has 0 aromatic rings. The summed E-state index contributed by atoms with van der Waals surface area (Å²) in [5.74, 6) is -2.89. The molecular formula is C11H12N2O4S. The van der Waals surface area contributed by atoms with Crippen molar-refractivity contribution >= 4 is 23.7 Å². The van der Waals surface area contributed by atoms with Gasteiger partial charge in [0, 0.05) is 0 Å². The van der Waals surface area contributed by atoms with Gasteiger partial charge in [0.05, 0.1) is 12.7 Å². The molecule has 6 nitrogen and oxygen atoms in total. The Bertz CT molecular complexity index is 463. The van der Waals surface area contributed by atoms with Crippen LogP contribution in [0.1, 0.15) is 20.8 Å². The minimum absolute atomic E-state index is 0.0540. The molecule has 0 aromatic carbocycles. The molecule has 96 valence electrons. The van der Waals surface area contributed by atoms with Crippen molar-refractivity contribution in [3.05, 3.63) is 0 Å². The Kier molecular flexibility index (Phi) is 3.88. The van der Waals surface area contributed by atoms with Crippen molar-refractivity contribution in [2.45, 2.75) is 31.1 Å². The second-order valence-corrected chi connectivity index (χ2v) is 5.24. The normalized spacial score (nSPS) is 28.9. The van der Waals surface area contributed by atoms with Crippen LogP contribution in [0, 0.1) is 27.9 Å². The molecule has 1 aliphatic rings. The molecule has 1 saturated heterocycles. The lowest BCUT2D eigenvalue weighted by Crippen LogP contribution is -2.48. The Hall–Kier alpha value is -1.73. The molecule has 0 radical (unpaired) electrons. The number of esters is 2. The van der Waals surface area contributed by atoms with E-state index >= 15 is 0 Å². The van der Waals surface area contributed by atoms with Crippen LogP contribution in [0.15, 0.2) is 0 Å². The molecule has 1 rings (SSSR count). The summed E-state index contributed by atoms with van der Waals surface area (Å²) >= 11 is 0.411. The van der Waals surface area contributed by atoms with Crippen molar-refractivity contribution in [2.24, 2.45) is 5.92 Å². The molecule has 0 aromatic heterocycles. The molecule has 1 fully saturated rings. The molecule has 0 amide bonds. The Morgan fingerprint density at radius 1 is 1.56 bits per heavy atom. The Morgan fingerprint density at radius 2 is 2.17 bits per heavy atom. The molecule has 18 heavy (non-hydrogen) atoms. The van der Waals surface area contributed by atoms with E-state index in [1.807, 2.05) is 6.07 Å². The van der Waals surface area contributed by atoms with Crippen LogP contribution in [0.3, 0.4) is 0 Å². The maximum absolute atomic E-state index is 12.0. The first-order valence-electron chi connectivity index (χ1n) is 5.24. The second kappa shape index (κ2) is 4.87. The van der Waals surface area contributed by atoms with E-state index < -0.39 is 28.2 Å². The van der Waals surface area contributed by atoms with Crippen LogP contribution < -0.4 is 0 Å². The van der Waals surface area contributed by atoms with E-state index in [-0.39, 0.29) is 6.61 Å². The van der Waals surface area contributed by atoms with Crippen LogP contribution in [-0.2, 0) is 19.1 Å². The van der Waals surface area contributed by atoms with E-state index in [4.69, 9.17) is 14.7 Å². The molecule has 1 aliphatic heterocycles.